The minimum atomic E-state index is -3.45. The molecule has 0 unspecified atom stereocenters. The van der Waals surface area contributed by atoms with E-state index in [0.717, 1.165) is 34.9 Å². The number of sulfonamides is 1. The Morgan fingerprint density at radius 3 is 2.54 bits per heavy atom. The molecule has 7 heteroatoms. The van der Waals surface area contributed by atoms with Crippen LogP contribution in [0.25, 0.3) is 10.9 Å². The summed E-state index contributed by atoms with van der Waals surface area (Å²) in [5.74, 6) is -0.106. The summed E-state index contributed by atoms with van der Waals surface area (Å²) < 4.78 is 27.0. The Hall–Kier alpha value is -2.77. The Morgan fingerprint density at radius 1 is 1.04 bits per heavy atom. The van der Waals surface area contributed by atoms with Crippen LogP contribution in [0.2, 0.25) is 0 Å². The third kappa shape index (κ3) is 4.37. The fourth-order valence-electron chi connectivity index (χ4n) is 3.02. The van der Waals surface area contributed by atoms with Crippen molar-refractivity contribution < 1.29 is 13.2 Å². The Balaban J connectivity index is 1.37. The summed E-state index contributed by atoms with van der Waals surface area (Å²) >= 11 is 0. The summed E-state index contributed by atoms with van der Waals surface area (Å²) in [4.78, 5) is 17.0. The number of fused-ring (bicyclic) bond motifs is 1. The van der Waals surface area contributed by atoms with Gasteiger partial charge in [0.05, 0.1) is 16.8 Å². The number of rotatable bonds is 7. The van der Waals surface area contributed by atoms with E-state index >= 15 is 0 Å². The van der Waals surface area contributed by atoms with Crippen LogP contribution in [0.1, 0.15) is 24.0 Å². The third-order valence-corrected chi connectivity index (χ3v) is 6.23. The van der Waals surface area contributed by atoms with Crippen LogP contribution in [0, 0.1) is 0 Å². The Labute approximate surface area is 164 Å². The molecule has 0 spiro atoms. The number of aromatic nitrogens is 1. The van der Waals surface area contributed by atoms with Crippen molar-refractivity contribution in [2.24, 2.45) is 0 Å². The van der Waals surface area contributed by atoms with Crippen LogP contribution in [-0.4, -0.2) is 25.4 Å². The van der Waals surface area contributed by atoms with Crippen molar-refractivity contribution in [2.75, 3.05) is 0 Å². The highest BCUT2D eigenvalue weighted by atomic mass is 32.2. The van der Waals surface area contributed by atoms with Crippen molar-refractivity contribution >= 4 is 26.8 Å². The van der Waals surface area contributed by atoms with Crippen LogP contribution in [0.3, 0.4) is 0 Å². The van der Waals surface area contributed by atoms with Crippen LogP contribution in [0.15, 0.2) is 65.7 Å². The highest BCUT2D eigenvalue weighted by Crippen LogP contribution is 2.22. The normalized spacial score (nSPS) is 14.1. The van der Waals surface area contributed by atoms with Crippen molar-refractivity contribution in [2.45, 2.75) is 36.7 Å². The zero-order valence-electron chi connectivity index (χ0n) is 15.3. The molecular formula is C21H21N3O3S. The van der Waals surface area contributed by atoms with Gasteiger partial charge in [-0.15, -0.1) is 0 Å². The molecule has 1 amide bonds. The van der Waals surface area contributed by atoms with Gasteiger partial charge in [0.15, 0.2) is 0 Å². The van der Waals surface area contributed by atoms with E-state index in [0.29, 0.717) is 6.54 Å². The monoisotopic (exact) mass is 395 g/mol. The summed E-state index contributed by atoms with van der Waals surface area (Å²) in [6, 6.07) is 16.3. The van der Waals surface area contributed by atoms with Crippen molar-refractivity contribution in [1.29, 1.82) is 0 Å². The number of nitrogens with zero attached hydrogens (tertiary/aromatic N) is 1. The van der Waals surface area contributed by atoms with Gasteiger partial charge in [0, 0.05) is 24.2 Å². The number of amides is 1. The lowest BCUT2D eigenvalue weighted by Gasteiger charge is -2.09. The van der Waals surface area contributed by atoms with Crippen molar-refractivity contribution in [3.8, 4) is 0 Å². The maximum atomic E-state index is 12.3. The highest BCUT2D eigenvalue weighted by molar-refractivity contribution is 7.89. The van der Waals surface area contributed by atoms with Gasteiger partial charge < -0.3 is 5.32 Å². The summed E-state index contributed by atoms with van der Waals surface area (Å²) in [6.45, 7) is 0.341. The SMILES string of the molecule is O=C(Cc1cccc2cccnc12)NCc1ccc(S(=O)(=O)NC2CC2)cc1. The number of hydrogen-bond acceptors (Lipinski definition) is 4. The zero-order chi connectivity index (χ0) is 19.6. The lowest BCUT2D eigenvalue weighted by atomic mass is 10.1. The molecule has 6 nitrogen and oxygen atoms in total. The molecule has 4 rings (SSSR count). The molecule has 1 aliphatic carbocycles. The Kier molecular flexibility index (Phi) is 5.11. The molecule has 0 radical (unpaired) electrons. The fourth-order valence-corrected chi connectivity index (χ4v) is 4.33. The molecule has 2 N–H and O–H groups in total. The van der Waals surface area contributed by atoms with Crippen LogP contribution in [-0.2, 0) is 27.8 Å². The summed E-state index contributed by atoms with van der Waals surface area (Å²) in [5, 5.41) is 3.88. The van der Waals surface area contributed by atoms with Gasteiger partial charge in [0.25, 0.3) is 0 Å². The fraction of sp³-hybridized carbons (Fsp3) is 0.238. The molecule has 0 bridgehead atoms. The predicted octanol–water partition coefficient (Wildman–Crippen LogP) is 2.53. The minimum Gasteiger partial charge on any atom is -0.352 e. The van der Waals surface area contributed by atoms with Gasteiger partial charge in [0.2, 0.25) is 15.9 Å². The molecule has 0 aliphatic heterocycles. The van der Waals surface area contributed by atoms with E-state index in [9.17, 15) is 13.2 Å². The lowest BCUT2D eigenvalue weighted by Crippen LogP contribution is -2.26. The molecule has 28 heavy (non-hydrogen) atoms. The van der Waals surface area contributed by atoms with Gasteiger partial charge in [-0.2, -0.15) is 0 Å². The van der Waals surface area contributed by atoms with Gasteiger partial charge in [-0.25, -0.2) is 13.1 Å². The van der Waals surface area contributed by atoms with E-state index in [4.69, 9.17) is 0 Å². The number of pyridine rings is 1. The minimum absolute atomic E-state index is 0.0764. The number of hydrogen-bond donors (Lipinski definition) is 2. The van der Waals surface area contributed by atoms with Crippen LogP contribution < -0.4 is 10.0 Å². The average Bonchev–Trinajstić information content (AvgIpc) is 3.50. The van der Waals surface area contributed by atoms with Crippen LogP contribution in [0.4, 0.5) is 0 Å². The summed E-state index contributed by atoms with van der Waals surface area (Å²) in [5.41, 5.74) is 2.55. The zero-order valence-corrected chi connectivity index (χ0v) is 16.1. The van der Waals surface area contributed by atoms with Gasteiger partial charge in [-0.05, 0) is 42.2 Å². The molecule has 1 aromatic heterocycles. The van der Waals surface area contributed by atoms with Crippen molar-refractivity contribution in [3.63, 3.8) is 0 Å². The first-order valence-electron chi connectivity index (χ1n) is 9.22. The first kappa shape index (κ1) is 18.6. The molecule has 3 aromatic rings. The van der Waals surface area contributed by atoms with E-state index in [-0.39, 0.29) is 23.3 Å². The Bertz CT molecular complexity index is 1100. The van der Waals surface area contributed by atoms with Crippen molar-refractivity contribution in [1.82, 2.24) is 15.0 Å². The first-order chi connectivity index (χ1) is 13.5. The molecule has 2 aromatic carbocycles. The topological polar surface area (TPSA) is 88.2 Å². The molecule has 1 saturated carbocycles. The first-order valence-corrected chi connectivity index (χ1v) is 10.7. The van der Waals surface area contributed by atoms with Gasteiger partial charge >= 0.3 is 0 Å². The molecule has 1 heterocycles. The van der Waals surface area contributed by atoms with Gasteiger partial charge in [-0.3, -0.25) is 9.78 Å². The molecule has 1 fully saturated rings. The average molecular weight is 395 g/mol. The second-order valence-corrected chi connectivity index (χ2v) is 8.70. The molecule has 0 saturated heterocycles. The van der Waals surface area contributed by atoms with Crippen molar-refractivity contribution in [3.05, 3.63) is 71.9 Å². The molecule has 1 aliphatic rings. The number of benzene rings is 2. The maximum absolute atomic E-state index is 12.3. The number of carbonyl (C=O) groups excluding carboxylic acids is 1. The van der Waals surface area contributed by atoms with Gasteiger partial charge in [0.1, 0.15) is 0 Å². The van der Waals surface area contributed by atoms with Crippen LogP contribution >= 0.6 is 0 Å². The number of nitrogens with one attached hydrogen (secondary N) is 2. The molecule has 144 valence electrons. The predicted molar refractivity (Wildman–Crippen MR) is 107 cm³/mol. The molecule has 0 atom stereocenters. The van der Waals surface area contributed by atoms with Crippen LogP contribution in [0.5, 0.6) is 0 Å². The lowest BCUT2D eigenvalue weighted by molar-refractivity contribution is -0.120. The summed E-state index contributed by atoms with van der Waals surface area (Å²) in [7, 11) is -3.45. The quantitative estimate of drug-likeness (QED) is 0.643. The number of carbonyl (C=O) groups is 1. The Morgan fingerprint density at radius 2 is 1.79 bits per heavy atom. The number of para-hydroxylation sites is 1. The van der Waals surface area contributed by atoms with E-state index in [1.54, 1.807) is 30.5 Å². The van der Waals surface area contributed by atoms with E-state index in [1.165, 1.54) is 0 Å². The highest BCUT2D eigenvalue weighted by Gasteiger charge is 2.27. The third-order valence-electron chi connectivity index (χ3n) is 4.69. The standard InChI is InChI=1S/C21H21N3O3S/c25-20(13-17-4-1-3-16-5-2-12-22-21(16)17)23-14-15-6-10-19(11-7-15)28(26,27)24-18-8-9-18/h1-7,10-12,18,24H,8-9,13-14H2,(H,23,25). The van der Waals surface area contributed by atoms with E-state index in [2.05, 4.69) is 15.0 Å². The largest absolute Gasteiger partial charge is 0.352 e. The van der Waals surface area contributed by atoms with Gasteiger partial charge in [-0.1, -0.05) is 36.4 Å². The second kappa shape index (κ2) is 7.69. The van der Waals surface area contributed by atoms with E-state index < -0.39 is 10.0 Å². The second-order valence-electron chi connectivity index (χ2n) is 6.99. The summed E-state index contributed by atoms with van der Waals surface area (Å²) in [6.07, 6.45) is 3.76. The molecular weight excluding hydrogens is 374 g/mol. The smallest absolute Gasteiger partial charge is 0.240 e. The maximum Gasteiger partial charge on any atom is 0.240 e. The van der Waals surface area contributed by atoms with E-state index in [1.807, 2.05) is 30.3 Å².